The maximum absolute atomic E-state index is 13.1. The fourth-order valence-electron chi connectivity index (χ4n) is 2.31. The number of rotatable bonds is 4. The van der Waals surface area contributed by atoms with Crippen LogP contribution in [0, 0.1) is 5.82 Å². The zero-order valence-corrected chi connectivity index (χ0v) is 12.8. The average Bonchev–Trinajstić information content (AvgIpc) is 2.63. The SMILES string of the molecule is CCNC(=O)CN1C(=O)NC(C)(c2ccc(F)cc2Cl)C1=O. The quantitative estimate of drug-likeness (QED) is 0.820. The molecular formula is C14H15ClFN3O3. The lowest BCUT2D eigenvalue weighted by Crippen LogP contribution is -2.43. The lowest BCUT2D eigenvalue weighted by atomic mass is 9.92. The van der Waals surface area contributed by atoms with Gasteiger partial charge < -0.3 is 10.6 Å². The number of nitrogens with zero attached hydrogens (tertiary/aromatic N) is 1. The summed E-state index contributed by atoms with van der Waals surface area (Å²) in [5.74, 6) is -1.61. The van der Waals surface area contributed by atoms with E-state index in [4.69, 9.17) is 11.6 Å². The number of hydrogen-bond donors (Lipinski definition) is 2. The van der Waals surface area contributed by atoms with Crippen molar-refractivity contribution in [2.45, 2.75) is 19.4 Å². The maximum atomic E-state index is 13.1. The first-order valence-electron chi connectivity index (χ1n) is 6.66. The normalized spacial score (nSPS) is 21.0. The molecule has 0 saturated carbocycles. The van der Waals surface area contributed by atoms with Gasteiger partial charge in [0.05, 0.1) is 0 Å². The van der Waals surface area contributed by atoms with Crippen LogP contribution in [0.2, 0.25) is 5.02 Å². The fraction of sp³-hybridized carbons (Fsp3) is 0.357. The zero-order chi connectivity index (χ0) is 16.5. The molecule has 4 amide bonds. The van der Waals surface area contributed by atoms with Gasteiger partial charge in [-0.05, 0) is 26.0 Å². The van der Waals surface area contributed by atoms with E-state index in [0.717, 1.165) is 17.0 Å². The van der Waals surface area contributed by atoms with Crippen molar-refractivity contribution in [3.8, 4) is 0 Å². The number of imide groups is 1. The number of likely N-dealkylation sites (N-methyl/N-ethyl adjacent to an activating group) is 1. The van der Waals surface area contributed by atoms with E-state index in [1.54, 1.807) is 6.92 Å². The number of carbonyl (C=O) groups is 3. The van der Waals surface area contributed by atoms with E-state index in [-0.39, 0.29) is 17.1 Å². The lowest BCUT2D eigenvalue weighted by molar-refractivity contribution is -0.134. The Balaban J connectivity index is 2.31. The predicted molar refractivity (Wildman–Crippen MR) is 77.7 cm³/mol. The number of hydrogen-bond acceptors (Lipinski definition) is 3. The standard InChI is InChI=1S/C14H15ClFN3O3/c1-3-17-11(20)7-19-12(21)14(2,18-13(19)22)9-5-4-8(16)6-10(9)15/h4-6H,3,7H2,1-2H3,(H,17,20)(H,18,22). The molecule has 1 unspecified atom stereocenters. The Hall–Kier alpha value is -2.15. The first-order chi connectivity index (χ1) is 10.3. The molecule has 1 heterocycles. The molecule has 0 aromatic heterocycles. The summed E-state index contributed by atoms with van der Waals surface area (Å²) in [6.45, 7) is 3.20. The van der Waals surface area contributed by atoms with Crippen LogP contribution < -0.4 is 10.6 Å². The van der Waals surface area contributed by atoms with Crippen molar-refractivity contribution in [3.05, 3.63) is 34.6 Å². The maximum Gasteiger partial charge on any atom is 0.325 e. The third-order valence-corrected chi connectivity index (χ3v) is 3.73. The highest BCUT2D eigenvalue weighted by Crippen LogP contribution is 2.33. The molecule has 0 bridgehead atoms. The molecule has 8 heteroatoms. The van der Waals surface area contributed by atoms with Crippen LogP contribution in [0.3, 0.4) is 0 Å². The molecule has 6 nitrogen and oxygen atoms in total. The zero-order valence-electron chi connectivity index (χ0n) is 12.1. The molecule has 1 aliphatic heterocycles. The molecule has 0 radical (unpaired) electrons. The highest BCUT2D eigenvalue weighted by molar-refractivity contribution is 6.32. The summed E-state index contributed by atoms with van der Waals surface area (Å²) in [6.07, 6.45) is 0. The van der Waals surface area contributed by atoms with Gasteiger partial charge in [0.2, 0.25) is 5.91 Å². The van der Waals surface area contributed by atoms with Crippen LogP contribution in [-0.2, 0) is 15.1 Å². The van der Waals surface area contributed by atoms with E-state index in [1.807, 2.05) is 0 Å². The molecule has 1 saturated heterocycles. The van der Waals surface area contributed by atoms with Gasteiger partial charge in [-0.1, -0.05) is 17.7 Å². The van der Waals surface area contributed by atoms with Crippen LogP contribution >= 0.6 is 11.6 Å². The summed E-state index contributed by atoms with van der Waals surface area (Å²) in [7, 11) is 0. The first-order valence-corrected chi connectivity index (χ1v) is 7.03. The van der Waals surface area contributed by atoms with Crippen LogP contribution in [0.5, 0.6) is 0 Å². The molecule has 118 valence electrons. The van der Waals surface area contributed by atoms with Crippen molar-refractivity contribution in [2.24, 2.45) is 0 Å². The Kier molecular flexibility index (Phi) is 4.37. The lowest BCUT2D eigenvalue weighted by Gasteiger charge is -2.23. The topological polar surface area (TPSA) is 78.5 Å². The molecule has 22 heavy (non-hydrogen) atoms. The summed E-state index contributed by atoms with van der Waals surface area (Å²) in [4.78, 5) is 36.9. The van der Waals surface area contributed by atoms with Gasteiger partial charge in [0.1, 0.15) is 17.9 Å². The first kappa shape index (κ1) is 16.2. The highest BCUT2D eigenvalue weighted by atomic mass is 35.5. The minimum atomic E-state index is -1.44. The van der Waals surface area contributed by atoms with E-state index in [0.29, 0.717) is 6.54 Å². The summed E-state index contributed by atoms with van der Waals surface area (Å²) < 4.78 is 13.1. The van der Waals surface area contributed by atoms with Crippen LogP contribution in [0.25, 0.3) is 0 Å². The largest absolute Gasteiger partial charge is 0.355 e. The molecule has 1 aromatic carbocycles. The van der Waals surface area contributed by atoms with Gasteiger partial charge >= 0.3 is 6.03 Å². The molecule has 2 rings (SSSR count). The Bertz CT molecular complexity index is 652. The minimum absolute atomic E-state index is 0.0241. The Morgan fingerprint density at radius 1 is 1.45 bits per heavy atom. The molecule has 1 fully saturated rings. The molecule has 0 aliphatic carbocycles. The van der Waals surface area contributed by atoms with Crippen molar-refractivity contribution in [1.29, 1.82) is 0 Å². The summed E-state index contributed by atoms with van der Waals surface area (Å²) >= 11 is 5.97. The van der Waals surface area contributed by atoms with Gasteiger partial charge in [-0.3, -0.25) is 14.5 Å². The average molecular weight is 328 g/mol. The molecular weight excluding hydrogens is 313 g/mol. The number of nitrogens with one attached hydrogen (secondary N) is 2. The molecule has 0 spiro atoms. The van der Waals surface area contributed by atoms with E-state index in [9.17, 15) is 18.8 Å². The van der Waals surface area contributed by atoms with E-state index < -0.39 is 29.2 Å². The van der Waals surface area contributed by atoms with Gasteiger partial charge in [0.25, 0.3) is 5.91 Å². The predicted octanol–water partition coefficient (Wildman–Crippen LogP) is 1.38. The summed E-state index contributed by atoms with van der Waals surface area (Å²) in [5.41, 5.74) is -1.17. The number of carbonyl (C=O) groups excluding carboxylic acids is 3. The van der Waals surface area contributed by atoms with Crippen LogP contribution in [0.4, 0.5) is 9.18 Å². The van der Waals surface area contributed by atoms with E-state index >= 15 is 0 Å². The van der Waals surface area contributed by atoms with Gasteiger partial charge in [-0.15, -0.1) is 0 Å². The van der Waals surface area contributed by atoms with Crippen LogP contribution in [0.15, 0.2) is 18.2 Å². The number of urea groups is 1. The van der Waals surface area contributed by atoms with Crippen molar-refractivity contribution in [3.63, 3.8) is 0 Å². The molecule has 1 atom stereocenters. The second kappa shape index (κ2) is 5.92. The fourth-order valence-corrected chi connectivity index (χ4v) is 2.67. The Morgan fingerprint density at radius 3 is 2.73 bits per heavy atom. The van der Waals surface area contributed by atoms with Gasteiger partial charge in [0.15, 0.2) is 0 Å². The number of benzene rings is 1. The summed E-state index contributed by atoms with van der Waals surface area (Å²) in [6, 6.07) is 2.86. The smallest absolute Gasteiger partial charge is 0.325 e. The van der Waals surface area contributed by atoms with Crippen molar-refractivity contribution in [2.75, 3.05) is 13.1 Å². The molecule has 1 aromatic rings. The van der Waals surface area contributed by atoms with Crippen molar-refractivity contribution < 1.29 is 18.8 Å². The Labute approximate surface area is 131 Å². The monoisotopic (exact) mass is 327 g/mol. The molecule has 2 N–H and O–H groups in total. The van der Waals surface area contributed by atoms with Gasteiger partial charge in [-0.2, -0.15) is 0 Å². The Morgan fingerprint density at radius 2 is 2.14 bits per heavy atom. The third kappa shape index (κ3) is 2.76. The van der Waals surface area contributed by atoms with Gasteiger partial charge in [0, 0.05) is 17.1 Å². The minimum Gasteiger partial charge on any atom is -0.355 e. The van der Waals surface area contributed by atoms with E-state index in [2.05, 4.69) is 10.6 Å². The van der Waals surface area contributed by atoms with Crippen LogP contribution in [0.1, 0.15) is 19.4 Å². The summed E-state index contributed by atoms with van der Waals surface area (Å²) in [5, 5.41) is 5.04. The van der Waals surface area contributed by atoms with Crippen LogP contribution in [-0.4, -0.2) is 35.8 Å². The van der Waals surface area contributed by atoms with E-state index in [1.165, 1.54) is 13.0 Å². The highest BCUT2D eigenvalue weighted by Gasteiger charge is 2.50. The third-order valence-electron chi connectivity index (χ3n) is 3.42. The number of amides is 4. The van der Waals surface area contributed by atoms with Crippen molar-refractivity contribution >= 4 is 29.4 Å². The molecule has 1 aliphatic rings. The number of halogens is 2. The van der Waals surface area contributed by atoms with Gasteiger partial charge in [-0.25, -0.2) is 9.18 Å². The van der Waals surface area contributed by atoms with Crippen molar-refractivity contribution in [1.82, 2.24) is 15.5 Å². The second-order valence-corrected chi connectivity index (χ2v) is 5.43. The second-order valence-electron chi connectivity index (χ2n) is 5.02.